The molecule has 2 N–H and O–H groups in total. The van der Waals surface area contributed by atoms with Gasteiger partial charge in [-0.1, -0.05) is 54.1 Å². The van der Waals surface area contributed by atoms with Gasteiger partial charge in [-0.15, -0.1) is 0 Å². The number of hydrogen-bond acceptors (Lipinski definition) is 5. The van der Waals surface area contributed by atoms with Crippen LogP contribution in [0.25, 0.3) is 12.2 Å². The molecule has 7 nitrogen and oxygen atoms in total. The maximum absolute atomic E-state index is 13.3. The summed E-state index contributed by atoms with van der Waals surface area (Å²) in [6.07, 6.45) is 4.68. The van der Waals surface area contributed by atoms with Crippen LogP contribution >= 0.6 is 11.6 Å². The fourth-order valence-corrected chi connectivity index (χ4v) is 4.05. The Morgan fingerprint density at radius 2 is 1.46 bits per heavy atom. The SMILES string of the molecule is COc1ccc(/C=C(\NC(=O)c2ccccc2)C(=O)Nc2ccc(C(=O)/C=C/c3cccc(Cl)c3)cc2)cc1OC. The number of amides is 2. The molecule has 0 unspecified atom stereocenters. The molecule has 206 valence electrons. The zero-order valence-electron chi connectivity index (χ0n) is 22.4. The molecule has 0 spiro atoms. The molecule has 4 rings (SSSR count). The molecule has 4 aromatic carbocycles. The van der Waals surface area contributed by atoms with E-state index in [1.54, 1.807) is 97.1 Å². The van der Waals surface area contributed by atoms with Gasteiger partial charge in [0.05, 0.1) is 14.2 Å². The van der Waals surface area contributed by atoms with Gasteiger partial charge in [-0.25, -0.2) is 0 Å². The summed E-state index contributed by atoms with van der Waals surface area (Å²) in [5.41, 5.74) is 2.70. The van der Waals surface area contributed by atoms with Crippen molar-refractivity contribution >= 4 is 47.0 Å². The lowest BCUT2D eigenvalue weighted by atomic mass is 10.1. The Labute approximate surface area is 243 Å². The van der Waals surface area contributed by atoms with Crippen LogP contribution < -0.4 is 20.1 Å². The number of hydrogen-bond donors (Lipinski definition) is 2. The fraction of sp³-hybridized carbons (Fsp3) is 0.0606. The first-order valence-electron chi connectivity index (χ1n) is 12.6. The molecule has 2 amide bonds. The van der Waals surface area contributed by atoms with Crippen molar-refractivity contribution in [3.63, 3.8) is 0 Å². The van der Waals surface area contributed by atoms with E-state index in [0.29, 0.717) is 38.9 Å². The number of anilines is 1. The second-order valence-corrected chi connectivity index (χ2v) is 9.21. The van der Waals surface area contributed by atoms with Crippen molar-refractivity contribution in [2.45, 2.75) is 0 Å². The maximum Gasteiger partial charge on any atom is 0.272 e. The number of carbonyl (C=O) groups is 3. The summed E-state index contributed by atoms with van der Waals surface area (Å²) >= 11 is 6.00. The van der Waals surface area contributed by atoms with Gasteiger partial charge in [0, 0.05) is 21.8 Å². The number of rotatable bonds is 10. The van der Waals surface area contributed by atoms with Crippen molar-refractivity contribution in [1.29, 1.82) is 0 Å². The first-order chi connectivity index (χ1) is 19.9. The first-order valence-corrected chi connectivity index (χ1v) is 12.9. The van der Waals surface area contributed by atoms with Crippen LogP contribution in [0.2, 0.25) is 5.02 Å². The van der Waals surface area contributed by atoms with Gasteiger partial charge in [-0.3, -0.25) is 14.4 Å². The zero-order valence-corrected chi connectivity index (χ0v) is 23.1. The number of ketones is 1. The minimum Gasteiger partial charge on any atom is -0.493 e. The van der Waals surface area contributed by atoms with E-state index in [1.807, 2.05) is 6.07 Å². The summed E-state index contributed by atoms with van der Waals surface area (Å²) in [5.74, 6) is -0.197. The molecular formula is C33H27ClN2O5. The molecule has 0 aliphatic heterocycles. The number of halogens is 1. The van der Waals surface area contributed by atoms with Gasteiger partial charge in [-0.05, 0) is 83.9 Å². The molecule has 0 bridgehead atoms. The van der Waals surface area contributed by atoms with E-state index in [0.717, 1.165) is 5.56 Å². The van der Waals surface area contributed by atoms with E-state index in [-0.39, 0.29) is 11.5 Å². The number of carbonyl (C=O) groups excluding carboxylic acids is 3. The number of ether oxygens (including phenoxy) is 2. The van der Waals surface area contributed by atoms with Crippen LogP contribution in [0, 0.1) is 0 Å². The molecule has 0 aliphatic rings. The molecule has 4 aromatic rings. The quantitative estimate of drug-likeness (QED) is 0.165. The van der Waals surface area contributed by atoms with Crippen LogP contribution in [0.3, 0.4) is 0 Å². The highest BCUT2D eigenvalue weighted by atomic mass is 35.5. The first kappa shape index (κ1) is 28.9. The maximum atomic E-state index is 13.3. The highest BCUT2D eigenvalue weighted by Gasteiger charge is 2.16. The molecule has 41 heavy (non-hydrogen) atoms. The Morgan fingerprint density at radius 1 is 0.732 bits per heavy atom. The van der Waals surface area contributed by atoms with Crippen LogP contribution in [-0.4, -0.2) is 31.8 Å². The average Bonchev–Trinajstić information content (AvgIpc) is 3.00. The predicted octanol–water partition coefficient (Wildman–Crippen LogP) is 6.66. The minimum atomic E-state index is -0.552. The Bertz CT molecular complexity index is 1610. The molecule has 0 aliphatic carbocycles. The largest absolute Gasteiger partial charge is 0.493 e. The summed E-state index contributed by atoms with van der Waals surface area (Å²) < 4.78 is 10.6. The Hall–Kier alpha value is -5.14. The van der Waals surface area contributed by atoms with Crippen molar-refractivity contribution in [2.24, 2.45) is 0 Å². The topological polar surface area (TPSA) is 93.7 Å². The van der Waals surface area contributed by atoms with Crippen molar-refractivity contribution in [1.82, 2.24) is 5.32 Å². The second kappa shape index (κ2) is 13.8. The van der Waals surface area contributed by atoms with Gasteiger partial charge in [-0.2, -0.15) is 0 Å². The van der Waals surface area contributed by atoms with Gasteiger partial charge in [0.1, 0.15) is 5.70 Å². The summed E-state index contributed by atoms with van der Waals surface area (Å²) in [7, 11) is 3.04. The summed E-state index contributed by atoms with van der Waals surface area (Å²) in [6, 6.07) is 27.3. The number of allylic oxidation sites excluding steroid dienone is 1. The molecule has 8 heteroatoms. The third kappa shape index (κ3) is 7.94. The van der Waals surface area contributed by atoms with Crippen LogP contribution in [-0.2, 0) is 4.79 Å². The molecule has 0 fully saturated rings. The summed E-state index contributed by atoms with van der Waals surface area (Å²) in [6.45, 7) is 0. The highest BCUT2D eigenvalue weighted by molar-refractivity contribution is 6.30. The third-order valence-corrected chi connectivity index (χ3v) is 6.19. The average molecular weight is 567 g/mol. The molecule has 0 saturated heterocycles. The molecule has 0 saturated carbocycles. The molecule has 0 aromatic heterocycles. The third-order valence-electron chi connectivity index (χ3n) is 5.95. The Kier molecular flexibility index (Phi) is 9.70. The van der Waals surface area contributed by atoms with E-state index in [1.165, 1.54) is 26.4 Å². The van der Waals surface area contributed by atoms with E-state index < -0.39 is 11.8 Å². The van der Waals surface area contributed by atoms with Crippen LogP contribution in [0.1, 0.15) is 31.8 Å². The van der Waals surface area contributed by atoms with Crippen molar-refractivity contribution in [2.75, 3.05) is 19.5 Å². The predicted molar refractivity (Wildman–Crippen MR) is 161 cm³/mol. The normalized spacial score (nSPS) is 11.1. The fourth-order valence-electron chi connectivity index (χ4n) is 3.85. The van der Waals surface area contributed by atoms with Crippen molar-refractivity contribution < 1.29 is 23.9 Å². The molecule has 0 atom stereocenters. The van der Waals surface area contributed by atoms with Gasteiger partial charge in [0.2, 0.25) is 0 Å². The second-order valence-electron chi connectivity index (χ2n) is 8.78. The van der Waals surface area contributed by atoms with Crippen molar-refractivity contribution in [3.8, 4) is 11.5 Å². The van der Waals surface area contributed by atoms with Gasteiger partial charge in [0.25, 0.3) is 11.8 Å². The number of nitrogens with one attached hydrogen (secondary N) is 2. The van der Waals surface area contributed by atoms with Gasteiger partial charge < -0.3 is 20.1 Å². The van der Waals surface area contributed by atoms with Crippen LogP contribution in [0.15, 0.2) is 109 Å². The number of benzene rings is 4. The molecular weight excluding hydrogens is 540 g/mol. The highest BCUT2D eigenvalue weighted by Crippen LogP contribution is 2.28. The smallest absolute Gasteiger partial charge is 0.272 e. The lowest BCUT2D eigenvalue weighted by Gasteiger charge is -2.13. The van der Waals surface area contributed by atoms with E-state index >= 15 is 0 Å². The lowest BCUT2D eigenvalue weighted by Crippen LogP contribution is -2.30. The zero-order chi connectivity index (χ0) is 29.2. The summed E-state index contributed by atoms with van der Waals surface area (Å²) in [4.78, 5) is 38.8. The molecule has 0 heterocycles. The minimum absolute atomic E-state index is 0.00989. The van der Waals surface area contributed by atoms with Gasteiger partial charge >= 0.3 is 0 Å². The van der Waals surface area contributed by atoms with Crippen LogP contribution in [0.4, 0.5) is 5.69 Å². The van der Waals surface area contributed by atoms with Crippen molar-refractivity contribution in [3.05, 3.63) is 136 Å². The molecule has 0 radical (unpaired) electrons. The van der Waals surface area contributed by atoms with E-state index in [9.17, 15) is 14.4 Å². The van der Waals surface area contributed by atoms with E-state index in [4.69, 9.17) is 21.1 Å². The number of methoxy groups -OCH3 is 2. The monoisotopic (exact) mass is 566 g/mol. The van der Waals surface area contributed by atoms with Gasteiger partial charge in [0.15, 0.2) is 17.3 Å². The van der Waals surface area contributed by atoms with Crippen LogP contribution in [0.5, 0.6) is 11.5 Å². The summed E-state index contributed by atoms with van der Waals surface area (Å²) in [5, 5.41) is 6.06. The lowest BCUT2D eigenvalue weighted by molar-refractivity contribution is -0.113. The Balaban J connectivity index is 1.53. The Morgan fingerprint density at radius 3 is 2.15 bits per heavy atom. The van der Waals surface area contributed by atoms with E-state index in [2.05, 4.69) is 10.6 Å². The standard InChI is InChI=1S/C33H27ClN2O5/c1-40-30-18-12-23(21-31(30)41-2)20-28(36-32(38)25-8-4-3-5-9-25)33(39)35-27-15-13-24(14-16-27)29(37)17-11-22-7-6-10-26(34)19-22/h3-21H,1-2H3,(H,35,39)(H,36,38)/b17-11+,28-20-.